The molecule has 0 bridgehead atoms. The number of nitrogens with one attached hydrogen (secondary N) is 2. The van der Waals surface area contributed by atoms with Gasteiger partial charge >= 0.3 is 0 Å². The van der Waals surface area contributed by atoms with Gasteiger partial charge in [-0.15, -0.1) is 0 Å². The third kappa shape index (κ3) is 6.60. The molecular weight excluding hydrogens is 442 g/mol. The Balaban J connectivity index is 1.71. The van der Waals surface area contributed by atoms with E-state index in [0.29, 0.717) is 0 Å². The Hall–Kier alpha value is -2.86. The van der Waals surface area contributed by atoms with Crippen LogP contribution in [0, 0.1) is 0 Å². The molecule has 1 aliphatic heterocycles. The van der Waals surface area contributed by atoms with Gasteiger partial charge in [0.15, 0.2) is 6.29 Å². The quantitative estimate of drug-likeness (QED) is 0.223. The molecule has 1 heterocycles. The molecule has 0 aliphatic carbocycles. The second-order valence-electron chi connectivity index (χ2n) is 8.31. The number of carbonyl (C=O) groups is 2. The Bertz CT molecular complexity index is 931. The zero-order valence-electron chi connectivity index (χ0n) is 18.5. The topological polar surface area (TPSA) is 174 Å². The van der Waals surface area contributed by atoms with E-state index in [0.717, 1.165) is 11.1 Å². The molecule has 10 heteroatoms. The maximum atomic E-state index is 13.1. The molecule has 2 aromatic carbocycles. The molecule has 184 valence electrons. The van der Waals surface area contributed by atoms with Crippen LogP contribution in [0.25, 0.3) is 0 Å². The maximum absolute atomic E-state index is 13.1. The van der Waals surface area contributed by atoms with E-state index in [4.69, 9.17) is 10.5 Å². The summed E-state index contributed by atoms with van der Waals surface area (Å²) in [5.41, 5.74) is 7.70. The summed E-state index contributed by atoms with van der Waals surface area (Å²) in [7, 11) is 0. The van der Waals surface area contributed by atoms with E-state index < -0.39 is 61.1 Å². The molecule has 3 rings (SSSR count). The highest BCUT2D eigenvalue weighted by atomic mass is 16.6. The molecule has 1 fully saturated rings. The van der Waals surface area contributed by atoms with Gasteiger partial charge in [0.1, 0.15) is 30.4 Å². The first-order valence-electron chi connectivity index (χ1n) is 11.0. The monoisotopic (exact) mass is 473 g/mol. The molecular formula is C24H31N3O7. The summed E-state index contributed by atoms with van der Waals surface area (Å²) in [5, 5.41) is 44.9. The molecule has 0 saturated carbocycles. The number of amides is 2. The highest BCUT2D eigenvalue weighted by Crippen LogP contribution is 2.20. The van der Waals surface area contributed by atoms with E-state index in [2.05, 4.69) is 10.6 Å². The Morgan fingerprint density at radius 3 is 2.00 bits per heavy atom. The van der Waals surface area contributed by atoms with Crippen LogP contribution in [0.4, 0.5) is 0 Å². The lowest BCUT2D eigenvalue weighted by molar-refractivity contribution is -0.254. The average molecular weight is 474 g/mol. The molecule has 0 aromatic heterocycles. The van der Waals surface area contributed by atoms with Crippen LogP contribution in [0.2, 0.25) is 0 Å². The van der Waals surface area contributed by atoms with Gasteiger partial charge in [-0.25, -0.2) is 0 Å². The number of aliphatic hydroxyl groups is 4. The van der Waals surface area contributed by atoms with Crippen molar-refractivity contribution in [1.82, 2.24) is 10.6 Å². The predicted octanol–water partition coefficient (Wildman–Crippen LogP) is -1.80. The summed E-state index contributed by atoms with van der Waals surface area (Å²) in [6, 6.07) is 14.8. The zero-order valence-corrected chi connectivity index (χ0v) is 18.5. The van der Waals surface area contributed by atoms with E-state index in [1.807, 2.05) is 36.4 Å². The molecule has 2 amide bonds. The molecule has 7 atom stereocenters. The summed E-state index contributed by atoms with van der Waals surface area (Å²) in [6.45, 7) is -0.623. The molecule has 8 N–H and O–H groups in total. The lowest BCUT2D eigenvalue weighted by Gasteiger charge is -2.40. The van der Waals surface area contributed by atoms with Crippen LogP contribution >= 0.6 is 0 Å². The molecule has 0 radical (unpaired) electrons. The minimum atomic E-state index is -1.67. The normalized spacial score (nSPS) is 26.3. The Morgan fingerprint density at radius 1 is 0.882 bits per heavy atom. The van der Waals surface area contributed by atoms with Crippen LogP contribution in [0.3, 0.4) is 0 Å². The number of benzene rings is 2. The molecule has 2 aromatic rings. The Labute approximate surface area is 197 Å². The summed E-state index contributed by atoms with van der Waals surface area (Å²) in [6.07, 6.45) is -5.60. The van der Waals surface area contributed by atoms with Crippen molar-refractivity contribution in [1.29, 1.82) is 0 Å². The van der Waals surface area contributed by atoms with E-state index in [9.17, 15) is 30.0 Å². The van der Waals surface area contributed by atoms with Gasteiger partial charge in [-0.1, -0.05) is 60.7 Å². The maximum Gasteiger partial charge on any atom is 0.243 e. The number of hydrogen-bond acceptors (Lipinski definition) is 8. The van der Waals surface area contributed by atoms with Crippen molar-refractivity contribution in [2.75, 3.05) is 6.61 Å². The Kier molecular flexibility index (Phi) is 9.11. The number of nitrogens with two attached hydrogens (primary N) is 1. The van der Waals surface area contributed by atoms with Crippen LogP contribution in [0.15, 0.2) is 60.7 Å². The number of hydrogen-bond donors (Lipinski definition) is 7. The number of ether oxygens (including phenoxy) is 1. The van der Waals surface area contributed by atoms with Crippen molar-refractivity contribution < 1.29 is 34.8 Å². The molecule has 1 aliphatic rings. The van der Waals surface area contributed by atoms with Crippen molar-refractivity contribution >= 4 is 11.8 Å². The van der Waals surface area contributed by atoms with E-state index in [-0.39, 0.29) is 12.8 Å². The fourth-order valence-electron chi connectivity index (χ4n) is 3.82. The second kappa shape index (κ2) is 12.0. The number of rotatable bonds is 9. The third-order valence-corrected chi connectivity index (χ3v) is 5.76. The first-order chi connectivity index (χ1) is 16.3. The van der Waals surface area contributed by atoms with Gasteiger partial charge in [0.05, 0.1) is 12.6 Å². The van der Waals surface area contributed by atoms with Gasteiger partial charge in [-0.05, 0) is 17.5 Å². The van der Waals surface area contributed by atoms with Crippen molar-refractivity contribution in [3.63, 3.8) is 0 Å². The molecule has 7 unspecified atom stereocenters. The highest BCUT2D eigenvalue weighted by molar-refractivity contribution is 5.90. The van der Waals surface area contributed by atoms with Crippen molar-refractivity contribution in [2.45, 2.75) is 55.6 Å². The molecule has 1 saturated heterocycles. The van der Waals surface area contributed by atoms with E-state index in [1.54, 1.807) is 24.3 Å². The summed E-state index contributed by atoms with van der Waals surface area (Å²) < 4.78 is 5.09. The third-order valence-electron chi connectivity index (χ3n) is 5.76. The first-order valence-corrected chi connectivity index (χ1v) is 11.0. The van der Waals surface area contributed by atoms with Gasteiger partial charge in [0, 0.05) is 6.42 Å². The molecule has 0 spiro atoms. The van der Waals surface area contributed by atoms with Gasteiger partial charge in [-0.3, -0.25) is 9.59 Å². The van der Waals surface area contributed by atoms with Crippen LogP contribution < -0.4 is 16.4 Å². The predicted molar refractivity (Wildman–Crippen MR) is 122 cm³/mol. The average Bonchev–Trinajstić information content (AvgIpc) is 2.84. The second-order valence-corrected chi connectivity index (χ2v) is 8.31. The fourth-order valence-corrected chi connectivity index (χ4v) is 3.82. The van der Waals surface area contributed by atoms with Gasteiger partial charge in [0.2, 0.25) is 11.8 Å². The smallest absolute Gasteiger partial charge is 0.243 e. The fraction of sp³-hybridized carbons (Fsp3) is 0.417. The first kappa shape index (κ1) is 25.8. The number of carbonyl (C=O) groups excluding carboxylic acids is 2. The number of aliphatic hydroxyl groups excluding tert-OH is 4. The standard InChI is InChI=1S/C24H31N3O7/c25-16(11-14-7-3-1-4-8-14)22(31)26-17(12-15-9-5-2-6-10-15)23(32)27-19-21(30)20(29)18(13-28)34-24(19)33/h1-10,16-21,24,28-30,33H,11-13,25H2,(H,26,31)(H,27,32). The van der Waals surface area contributed by atoms with Crippen LogP contribution in [-0.2, 0) is 27.2 Å². The minimum Gasteiger partial charge on any atom is -0.394 e. The van der Waals surface area contributed by atoms with E-state index >= 15 is 0 Å². The molecule has 10 nitrogen and oxygen atoms in total. The van der Waals surface area contributed by atoms with Crippen molar-refractivity contribution in [3.05, 3.63) is 71.8 Å². The lowest BCUT2D eigenvalue weighted by atomic mass is 9.96. The van der Waals surface area contributed by atoms with Crippen LogP contribution in [0.1, 0.15) is 11.1 Å². The SMILES string of the molecule is NC(Cc1ccccc1)C(=O)NC(Cc1ccccc1)C(=O)NC1C(O)OC(CO)C(O)C1O. The highest BCUT2D eigenvalue weighted by Gasteiger charge is 2.45. The van der Waals surface area contributed by atoms with E-state index in [1.165, 1.54) is 0 Å². The van der Waals surface area contributed by atoms with Gasteiger partial charge in [-0.2, -0.15) is 0 Å². The zero-order chi connectivity index (χ0) is 24.7. The minimum absolute atomic E-state index is 0.123. The summed E-state index contributed by atoms with van der Waals surface area (Å²) in [5.74, 6) is -1.24. The van der Waals surface area contributed by atoms with Crippen LogP contribution in [-0.4, -0.2) is 81.6 Å². The van der Waals surface area contributed by atoms with Crippen LogP contribution in [0.5, 0.6) is 0 Å². The van der Waals surface area contributed by atoms with Gasteiger partial charge < -0.3 is 41.5 Å². The van der Waals surface area contributed by atoms with Crippen molar-refractivity contribution in [3.8, 4) is 0 Å². The Morgan fingerprint density at radius 2 is 1.44 bits per heavy atom. The summed E-state index contributed by atoms with van der Waals surface area (Å²) >= 11 is 0. The lowest BCUT2D eigenvalue weighted by Crippen LogP contribution is -2.66. The largest absolute Gasteiger partial charge is 0.394 e. The van der Waals surface area contributed by atoms with Crippen molar-refractivity contribution in [2.24, 2.45) is 5.73 Å². The summed E-state index contributed by atoms with van der Waals surface area (Å²) in [4.78, 5) is 25.9. The van der Waals surface area contributed by atoms with Gasteiger partial charge in [0.25, 0.3) is 0 Å². The molecule has 34 heavy (non-hydrogen) atoms.